The van der Waals surface area contributed by atoms with Crippen molar-refractivity contribution in [3.63, 3.8) is 0 Å². The lowest BCUT2D eigenvalue weighted by molar-refractivity contribution is 0.593. The van der Waals surface area contributed by atoms with E-state index in [0.717, 1.165) is 6.26 Å². The zero-order valence-corrected chi connectivity index (χ0v) is 8.78. The van der Waals surface area contributed by atoms with Crippen LogP contribution in [-0.2, 0) is 9.84 Å². The van der Waals surface area contributed by atoms with Gasteiger partial charge in [-0.1, -0.05) is 0 Å². The number of aromatic nitrogens is 2. The first-order valence-electron chi connectivity index (χ1n) is 3.66. The molecule has 7 heteroatoms. The van der Waals surface area contributed by atoms with E-state index in [1.54, 1.807) is 11.4 Å². The molecule has 0 aliphatic rings. The molecule has 0 radical (unpaired) electrons. The summed E-state index contributed by atoms with van der Waals surface area (Å²) in [6.07, 6.45) is 1.00. The molecule has 5 nitrogen and oxygen atoms in total. The molecule has 0 saturated heterocycles. The maximum Gasteiger partial charge on any atom is 0.260 e. The fourth-order valence-electron chi connectivity index (χ4n) is 1.02. The Kier molecular flexibility index (Phi) is 1.93. The molecule has 0 fully saturated rings. The zero-order valence-electron chi connectivity index (χ0n) is 7.14. The number of rotatable bonds is 1. The van der Waals surface area contributed by atoms with Gasteiger partial charge >= 0.3 is 0 Å². The SMILES string of the molecule is CS(=O)(=O)c1nc2sccc2c(=O)[nH]1. The molecule has 0 unspecified atom stereocenters. The molecule has 2 aromatic rings. The molecule has 0 aromatic carbocycles. The second kappa shape index (κ2) is 2.89. The van der Waals surface area contributed by atoms with Gasteiger partial charge in [0.2, 0.25) is 15.0 Å². The molecule has 0 aliphatic carbocycles. The summed E-state index contributed by atoms with van der Waals surface area (Å²) in [5, 5.41) is 1.83. The average Bonchev–Trinajstić information content (AvgIpc) is 2.50. The van der Waals surface area contributed by atoms with E-state index in [2.05, 4.69) is 9.97 Å². The molecule has 14 heavy (non-hydrogen) atoms. The smallest absolute Gasteiger partial charge is 0.260 e. The fraction of sp³-hybridized carbons (Fsp3) is 0.143. The first kappa shape index (κ1) is 9.35. The summed E-state index contributed by atoms with van der Waals surface area (Å²) in [4.78, 5) is 17.9. The Hall–Kier alpha value is -1.21. The van der Waals surface area contributed by atoms with Crippen LogP contribution >= 0.6 is 11.3 Å². The van der Waals surface area contributed by atoms with Crippen molar-refractivity contribution in [1.82, 2.24) is 9.97 Å². The number of hydrogen-bond acceptors (Lipinski definition) is 5. The normalized spacial score (nSPS) is 12.1. The molecular formula is C7H6N2O3S2. The Labute approximate surface area is 83.3 Å². The summed E-state index contributed by atoms with van der Waals surface area (Å²) in [6, 6.07) is 1.61. The second-order valence-electron chi connectivity index (χ2n) is 2.78. The van der Waals surface area contributed by atoms with Crippen molar-refractivity contribution in [3.05, 3.63) is 21.8 Å². The number of nitrogens with one attached hydrogen (secondary N) is 1. The molecule has 2 rings (SSSR count). The number of sulfone groups is 1. The Morgan fingerprint density at radius 3 is 2.86 bits per heavy atom. The number of fused-ring (bicyclic) bond motifs is 1. The highest BCUT2D eigenvalue weighted by atomic mass is 32.2. The molecule has 0 spiro atoms. The lowest BCUT2D eigenvalue weighted by Gasteiger charge is -1.95. The third kappa shape index (κ3) is 1.44. The van der Waals surface area contributed by atoms with Crippen molar-refractivity contribution in [3.8, 4) is 0 Å². The third-order valence-electron chi connectivity index (χ3n) is 1.66. The monoisotopic (exact) mass is 230 g/mol. The minimum absolute atomic E-state index is 0.280. The highest BCUT2D eigenvalue weighted by molar-refractivity contribution is 7.90. The molecule has 2 heterocycles. The van der Waals surface area contributed by atoms with Crippen LogP contribution in [0.25, 0.3) is 10.2 Å². The summed E-state index contributed by atoms with van der Waals surface area (Å²) in [5.74, 6) is 0. The lowest BCUT2D eigenvalue weighted by Crippen LogP contribution is -2.13. The van der Waals surface area contributed by atoms with Gasteiger partial charge in [-0.05, 0) is 11.4 Å². The molecule has 0 aliphatic heterocycles. The van der Waals surface area contributed by atoms with Crippen LogP contribution in [0, 0.1) is 0 Å². The van der Waals surface area contributed by atoms with E-state index in [0.29, 0.717) is 10.2 Å². The first-order valence-corrected chi connectivity index (χ1v) is 6.43. The second-order valence-corrected chi connectivity index (χ2v) is 5.61. The quantitative estimate of drug-likeness (QED) is 0.718. The maximum absolute atomic E-state index is 11.4. The van der Waals surface area contributed by atoms with Crippen molar-refractivity contribution >= 4 is 31.4 Å². The molecule has 74 valence electrons. The van der Waals surface area contributed by atoms with Crippen LogP contribution in [0.2, 0.25) is 0 Å². The van der Waals surface area contributed by atoms with Crippen LogP contribution in [0.5, 0.6) is 0 Å². The number of aromatic amines is 1. The van der Waals surface area contributed by atoms with Gasteiger partial charge in [0.15, 0.2) is 0 Å². The van der Waals surface area contributed by atoms with Crippen molar-refractivity contribution in [1.29, 1.82) is 0 Å². The Bertz CT molecular complexity index is 638. The minimum Gasteiger partial charge on any atom is -0.297 e. The van der Waals surface area contributed by atoms with E-state index in [9.17, 15) is 13.2 Å². The van der Waals surface area contributed by atoms with Gasteiger partial charge in [0, 0.05) is 6.26 Å². The highest BCUT2D eigenvalue weighted by Gasteiger charge is 2.12. The van der Waals surface area contributed by atoms with E-state index >= 15 is 0 Å². The topological polar surface area (TPSA) is 79.9 Å². The van der Waals surface area contributed by atoms with E-state index in [1.807, 2.05) is 0 Å². The van der Waals surface area contributed by atoms with Gasteiger partial charge in [-0.3, -0.25) is 9.78 Å². The van der Waals surface area contributed by atoms with Gasteiger partial charge in [-0.15, -0.1) is 11.3 Å². The number of thiophene rings is 1. The van der Waals surface area contributed by atoms with E-state index in [-0.39, 0.29) is 5.16 Å². The van der Waals surface area contributed by atoms with E-state index in [1.165, 1.54) is 11.3 Å². The highest BCUT2D eigenvalue weighted by Crippen LogP contribution is 2.15. The van der Waals surface area contributed by atoms with Crippen LogP contribution < -0.4 is 5.56 Å². The Morgan fingerprint density at radius 2 is 2.21 bits per heavy atom. The van der Waals surface area contributed by atoms with Gasteiger partial charge < -0.3 is 0 Å². The van der Waals surface area contributed by atoms with Gasteiger partial charge in [0.25, 0.3) is 5.56 Å². The zero-order chi connectivity index (χ0) is 10.3. The maximum atomic E-state index is 11.4. The van der Waals surface area contributed by atoms with Crippen LogP contribution in [0.3, 0.4) is 0 Å². The van der Waals surface area contributed by atoms with Crippen LogP contribution in [0.4, 0.5) is 0 Å². The third-order valence-corrected chi connectivity index (χ3v) is 3.37. The van der Waals surface area contributed by atoms with Crippen LogP contribution in [0.15, 0.2) is 21.4 Å². The largest absolute Gasteiger partial charge is 0.297 e. The van der Waals surface area contributed by atoms with Crippen LogP contribution in [-0.4, -0.2) is 24.6 Å². The summed E-state index contributed by atoms with van der Waals surface area (Å²) >= 11 is 1.24. The van der Waals surface area contributed by atoms with Gasteiger partial charge in [-0.25, -0.2) is 13.4 Å². The number of nitrogens with zero attached hydrogens (tertiary/aromatic N) is 1. The van der Waals surface area contributed by atoms with Crippen molar-refractivity contribution in [2.75, 3.05) is 6.26 Å². The van der Waals surface area contributed by atoms with Gasteiger partial charge in [-0.2, -0.15) is 0 Å². The number of H-pyrrole nitrogens is 1. The van der Waals surface area contributed by atoms with Gasteiger partial charge in [0.05, 0.1) is 5.39 Å². The van der Waals surface area contributed by atoms with Crippen molar-refractivity contribution in [2.24, 2.45) is 0 Å². The first-order chi connectivity index (χ1) is 6.48. The standard InChI is InChI=1S/C7H6N2O3S2/c1-14(11,12)7-8-5(10)4-2-3-13-6(4)9-7/h2-3H,1H3,(H,8,9,10). The molecular weight excluding hydrogens is 224 g/mol. The van der Waals surface area contributed by atoms with E-state index < -0.39 is 15.4 Å². The van der Waals surface area contributed by atoms with Crippen LogP contribution in [0.1, 0.15) is 0 Å². The molecule has 0 saturated carbocycles. The fourth-order valence-corrected chi connectivity index (χ4v) is 2.38. The van der Waals surface area contributed by atoms with E-state index in [4.69, 9.17) is 0 Å². The molecule has 2 aromatic heterocycles. The lowest BCUT2D eigenvalue weighted by atomic mass is 10.4. The predicted octanol–water partition coefficient (Wildman–Crippen LogP) is 0.388. The summed E-state index contributed by atoms with van der Waals surface area (Å²) in [5.41, 5.74) is -0.420. The summed E-state index contributed by atoms with van der Waals surface area (Å²) in [7, 11) is -3.45. The van der Waals surface area contributed by atoms with Crippen molar-refractivity contribution < 1.29 is 8.42 Å². The predicted molar refractivity (Wildman–Crippen MR) is 53.4 cm³/mol. The summed E-state index contributed by atoms with van der Waals surface area (Å²) < 4.78 is 22.2. The molecule has 0 atom stereocenters. The average molecular weight is 230 g/mol. The van der Waals surface area contributed by atoms with Crippen molar-refractivity contribution in [2.45, 2.75) is 5.16 Å². The minimum atomic E-state index is -3.45. The molecule has 0 bridgehead atoms. The molecule has 1 N–H and O–H groups in total. The Balaban J connectivity index is 2.91. The number of hydrogen-bond donors (Lipinski definition) is 1. The van der Waals surface area contributed by atoms with Gasteiger partial charge in [0.1, 0.15) is 4.83 Å². The molecule has 0 amide bonds. The Morgan fingerprint density at radius 1 is 1.50 bits per heavy atom. The summed E-state index contributed by atoms with van der Waals surface area (Å²) in [6.45, 7) is 0.